The Balaban J connectivity index is 1.71. The van der Waals surface area contributed by atoms with Gasteiger partial charge in [0.25, 0.3) is 5.91 Å². The van der Waals surface area contributed by atoms with E-state index in [1.54, 1.807) is 11.0 Å². The number of rotatable bonds is 7. The number of likely N-dealkylation sites (tertiary alicyclic amines) is 1. The fraction of sp³-hybridized carbons (Fsp3) is 0.321. The molecule has 0 spiro atoms. The molecule has 0 saturated carbocycles. The summed E-state index contributed by atoms with van der Waals surface area (Å²) < 4.78 is 35.6. The molecule has 35 heavy (non-hydrogen) atoms. The van der Waals surface area contributed by atoms with Crippen LogP contribution in [-0.2, 0) is 10.0 Å². The number of sulfonamides is 1. The molecule has 1 aliphatic heterocycles. The molecule has 3 aromatic carbocycles. The van der Waals surface area contributed by atoms with Gasteiger partial charge in [0.05, 0.1) is 23.6 Å². The van der Waals surface area contributed by atoms with Crippen LogP contribution < -0.4 is 9.46 Å². The fourth-order valence-electron chi connectivity index (χ4n) is 4.56. The van der Waals surface area contributed by atoms with Crippen molar-refractivity contribution in [3.63, 3.8) is 0 Å². The zero-order valence-electron chi connectivity index (χ0n) is 20.2. The Labute approximate surface area is 208 Å². The number of hydrogen-bond donors (Lipinski definition) is 1. The summed E-state index contributed by atoms with van der Waals surface area (Å²) in [7, 11) is -2.48. The molecule has 1 N–H and O–H groups in total. The summed E-state index contributed by atoms with van der Waals surface area (Å²) >= 11 is 0. The van der Waals surface area contributed by atoms with Crippen LogP contribution >= 0.6 is 0 Å². The van der Waals surface area contributed by atoms with Crippen LogP contribution in [0.5, 0.6) is 5.75 Å². The third kappa shape index (κ3) is 5.74. The van der Waals surface area contributed by atoms with Gasteiger partial charge in [0, 0.05) is 13.1 Å². The van der Waals surface area contributed by atoms with Crippen LogP contribution in [0.1, 0.15) is 58.8 Å². The molecule has 1 amide bonds. The summed E-state index contributed by atoms with van der Waals surface area (Å²) in [5.74, 6) is 0.177. The van der Waals surface area contributed by atoms with E-state index in [2.05, 4.69) is 4.72 Å². The highest BCUT2D eigenvalue weighted by atomic mass is 32.2. The molecule has 0 aliphatic carbocycles. The highest BCUT2D eigenvalue weighted by Crippen LogP contribution is 2.29. The second-order valence-corrected chi connectivity index (χ2v) is 10.6. The molecule has 0 unspecified atom stereocenters. The predicted octanol–water partition coefficient (Wildman–Crippen LogP) is 5.09. The van der Waals surface area contributed by atoms with Crippen molar-refractivity contribution < 1.29 is 17.9 Å². The van der Waals surface area contributed by atoms with Crippen molar-refractivity contribution in [3.8, 4) is 5.75 Å². The van der Waals surface area contributed by atoms with E-state index in [0.29, 0.717) is 18.8 Å². The third-order valence-electron chi connectivity index (χ3n) is 6.51. The average Bonchev–Trinajstić information content (AvgIpc) is 3.17. The number of carbonyl (C=O) groups excluding carboxylic acids is 1. The van der Waals surface area contributed by atoms with Crippen LogP contribution in [0.25, 0.3) is 0 Å². The van der Waals surface area contributed by atoms with Gasteiger partial charge in [0.2, 0.25) is 10.0 Å². The van der Waals surface area contributed by atoms with E-state index in [1.165, 1.54) is 19.2 Å². The molecule has 0 bridgehead atoms. The zero-order chi connectivity index (χ0) is 24.8. The quantitative estimate of drug-likeness (QED) is 0.499. The average molecular weight is 493 g/mol. The molecular weight excluding hydrogens is 460 g/mol. The Bertz CT molecular complexity index is 1270. The van der Waals surface area contributed by atoms with Crippen LogP contribution in [0, 0.1) is 6.92 Å². The molecule has 1 heterocycles. The lowest BCUT2D eigenvalue weighted by molar-refractivity contribution is 0.0758. The van der Waals surface area contributed by atoms with E-state index in [4.69, 9.17) is 4.74 Å². The summed E-state index contributed by atoms with van der Waals surface area (Å²) in [6.45, 7) is 3.30. The first kappa shape index (κ1) is 24.9. The van der Waals surface area contributed by atoms with Crippen molar-refractivity contribution in [1.29, 1.82) is 0 Å². The number of aryl methyl sites for hydroxylation is 1. The van der Waals surface area contributed by atoms with Gasteiger partial charge in [-0.25, -0.2) is 8.42 Å². The molecule has 1 saturated heterocycles. The van der Waals surface area contributed by atoms with E-state index >= 15 is 0 Å². The lowest BCUT2D eigenvalue weighted by Crippen LogP contribution is -2.33. The van der Waals surface area contributed by atoms with Gasteiger partial charge in [-0.3, -0.25) is 4.79 Å². The van der Waals surface area contributed by atoms with Crippen LogP contribution in [0.4, 0.5) is 0 Å². The van der Waals surface area contributed by atoms with E-state index in [9.17, 15) is 13.2 Å². The monoisotopic (exact) mass is 492 g/mol. The lowest BCUT2D eigenvalue weighted by atomic mass is 9.96. The van der Waals surface area contributed by atoms with Crippen molar-refractivity contribution >= 4 is 15.9 Å². The Hall–Kier alpha value is -3.16. The van der Waals surface area contributed by atoms with Crippen LogP contribution in [0.15, 0.2) is 77.7 Å². The molecule has 0 radical (unpaired) electrons. The van der Waals surface area contributed by atoms with E-state index in [1.807, 2.05) is 61.5 Å². The number of nitrogens with zero attached hydrogens (tertiary/aromatic N) is 1. The second kappa shape index (κ2) is 11.1. The summed E-state index contributed by atoms with van der Waals surface area (Å²) in [5, 5.41) is 0. The number of hydrogen-bond acceptors (Lipinski definition) is 4. The number of benzene rings is 3. The molecule has 0 aromatic heterocycles. The molecule has 1 fully saturated rings. The predicted molar refractivity (Wildman–Crippen MR) is 137 cm³/mol. The minimum Gasteiger partial charge on any atom is -0.496 e. The van der Waals surface area contributed by atoms with Gasteiger partial charge in [-0.2, -0.15) is 4.72 Å². The maximum absolute atomic E-state index is 13.6. The first-order chi connectivity index (χ1) is 16.9. The van der Waals surface area contributed by atoms with E-state index in [0.717, 1.165) is 42.4 Å². The van der Waals surface area contributed by atoms with Gasteiger partial charge in [-0.1, -0.05) is 67.4 Å². The van der Waals surface area contributed by atoms with Crippen molar-refractivity contribution in [2.24, 2.45) is 0 Å². The summed E-state index contributed by atoms with van der Waals surface area (Å²) in [4.78, 5) is 15.2. The third-order valence-corrected chi connectivity index (χ3v) is 7.93. The lowest BCUT2D eigenvalue weighted by Gasteiger charge is -2.23. The highest BCUT2D eigenvalue weighted by molar-refractivity contribution is 7.89. The summed E-state index contributed by atoms with van der Waals surface area (Å²) in [5.41, 5.74) is 2.96. The molecular formula is C28H32N2O4S. The highest BCUT2D eigenvalue weighted by Gasteiger charge is 2.27. The van der Waals surface area contributed by atoms with E-state index in [-0.39, 0.29) is 16.4 Å². The first-order valence-corrected chi connectivity index (χ1v) is 13.5. The van der Waals surface area contributed by atoms with Crippen molar-refractivity contribution in [2.75, 3.05) is 20.2 Å². The fourth-order valence-corrected chi connectivity index (χ4v) is 5.79. The van der Waals surface area contributed by atoms with Gasteiger partial charge < -0.3 is 9.64 Å². The van der Waals surface area contributed by atoms with Gasteiger partial charge >= 0.3 is 0 Å². The number of nitrogens with one attached hydrogen (secondary N) is 1. The van der Waals surface area contributed by atoms with Gasteiger partial charge in [-0.15, -0.1) is 0 Å². The van der Waals surface area contributed by atoms with Crippen molar-refractivity contribution in [1.82, 2.24) is 9.62 Å². The number of amides is 1. The molecule has 4 rings (SSSR count). The van der Waals surface area contributed by atoms with Crippen LogP contribution in [0.2, 0.25) is 0 Å². The van der Waals surface area contributed by atoms with Crippen LogP contribution in [0.3, 0.4) is 0 Å². The Morgan fingerprint density at radius 1 is 0.914 bits per heavy atom. The largest absolute Gasteiger partial charge is 0.496 e. The summed E-state index contributed by atoms with van der Waals surface area (Å²) in [6.07, 6.45) is 4.09. The van der Waals surface area contributed by atoms with Crippen LogP contribution in [-0.4, -0.2) is 39.4 Å². The first-order valence-electron chi connectivity index (χ1n) is 12.0. The minimum atomic E-state index is -3.97. The van der Waals surface area contributed by atoms with Gasteiger partial charge in [0.1, 0.15) is 5.75 Å². The topological polar surface area (TPSA) is 75.7 Å². The molecule has 7 heteroatoms. The smallest absolute Gasteiger partial charge is 0.257 e. The van der Waals surface area contributed by atoms with Gasteiger partial charge in [0.15, 0.2) is 0 Å². The Morgan fingerprint density at radius 2 is 1.57 bits per heavy atom. The second-order valence-electron chi connectivity index (χ2n) is 8.89. The maximum atomic E-state index is 13.6. The normalized spacial score (nSPS) is 15.3. The van der Waals surface area contributed by atoms with Crippen molar-refractivity contribution in [3.05, 3.63) is 95.1 Å². The Morgan fingerprint density at radius 3 is 2.23 bits per heavy atom. The number of carbonyl (C=O) groups is 1. The zero-order valence-corrected chi connectivity index (χ0v) is 21.1. The molecule has 3 aromatic rings. The molecule has 6 nitrogen and oxygen atoms in total. The van der Waals surface area contributed by atoms with Gasteiger partial charge in [-0.05, 0) is 54.7 Å². The summed E-state index contributed by atoms with van der Waals surface area (Å²) in [6, 6.07) is 21.1. The minimum absolute atomic E-state index is 0.0333. The van der Waals surface area contributed by atoms with E-state index < -0.39 is 16.1 Å². The number of methoxy groups -OCH3 is 1. The number of ether oxygens (including phenoxy) is 1. The maximum Gasteiger partial charge on any atom is 0.257 e. The molecule has 1 atom stereocenters. The van der Waals surface area contributed by atoms with Crippen molar-refractivity contribution in [2.45, 2.75) is 43.5 Å². The molecule has 184 valence electrons. The standard InChI is InChI=1S/C28H32N2O4S/c1-21-12-8-9-15-24(21)27(22-13-6-5-7-14-22)29-35(32,33)23-16-17-26(34-2)25(20-23)28(31)30-18-10-3-4-11-19-30/h5-9,12-17,20,27,29H,3-4,10-11,18-19H2,1-2H3/t27-/m1/s1. The SMILES string of the molecule is COc1ccc(S(=O)(=O)N[C@H](c2ccccc2)c2ccccc2C)cc1C(=O)N1CCCCCC1. The Kier molecular flexibility index (Phi) is 7.88. The molecule has 1 aliphatic rings.